The topological polar surface area (TPSA) is 276 Å². The van der Waals surface area contributed by atoms with E-state index in [0.717, 1.165) is 48.5 Å². The van der Waals surface area contributed by atoms with Crippen LogP contribution in [0.25, 0.3) is 0 Å². The van der Waals surface area contributed by atoms with Gasteiger partial charge in [0.15, 0.2) is 10.7 Å². The monoisotopic (exact) mass is 804 g/mol. The minimum absolute atomic E-state index is 0.0340. The fourth-order valence-electron chi connectivity index (χ4n) is 5.06. The van der Waals surface area contributed by atoms with Gasteiger partial charge >= 0.3 is 0 Å². The summed E-state index contributed by atoms with van der Waals surface area (Å²) < 4.78 is 163. The molecule has 0 aliphatic heterocycles. The number of benzene rings is 4. The second kappa shape index (κ2) is 15.4. The SMILES string of the molecule is O=S(=O)(c1ccc(N[C@@H](C[C@@H](c2ccccc2)S(=O)(=O)O)S(=O)(=O)O)cc1)c1ccc(N[C@H](C[C@H](c2ccccc2)S(=O)(=O)O)S(=O)(=O)O)cc1. The molecule has 0 amide bonds. The predicted molar refractivity (Wildman–Crippen MR) is 187 cm³/mol. The summed E-state index contributed by atoms with van der Waals surface area (Å²) in [6, 6.07) is 23.4. The van der Waals surface area contributed by atoms with E-state index in [1.807, 2.05) is 0 Å². The molecule has 4 aromatic carbocycles. The maximum atomic E-state index is 13.3. The Morgan fingerprint density at radius 3 is 0.961 bits per heavy atom. The molecule has 0 saturated carbocycles. The molecular formula is C30H32N2O14S5. The zero-order chi connectivity index (χ0) is 37.8. The van der Waals surface area contributed by atoms with Crippen molar-refractivity contribution in [2.45, 2.75) is 43.9 Å². The highest BCUT2D eigenvalue weighted by molar-refractivity contribution is 7.91. The standard InChI is InChI=1S/C30H32N2O14S5/c33-47(34,25-15-11-23(12-16-25)31-29(50(41,42)43)19-27(48(35,36)37)21-7-3-1-4-8-21)26-17-13-24(14-18-26)32-30(51(44,45)46)20-28(49(38,39)40)22-9-5-2-6-10-22/h1-18,27-32H,19-20H2,(H,35,36,37)(H,38,39,40)(H,41,42,43)(H,44,45,46)/t27-,28+,29+,30-. The molecule has 6 N–H and O–H groups in total. The van der Waals surface area contributed by atoms with Crippen LogP contribution in [0.15, 0.2) is 119 Å². The molecule has 0 radical (unpaired) electrons. The highest BCUT2D eigenvalue weighted by atomic mass is 32.2. The first kappa shape index (κ1) is 39.8. The maximum absolute atomic E-state index is 13.3. The van der Waals surface area contributed by atoms with Crippen LogP contribution in [-0.4, -0.2) is 71.0 Å². The summed E-state index contributed by atoms with van der Waals surface area (Å²) in [5, 5.41) is -2.49. The maximum Gasteiger partial charge on any atom is 0.286 e. The number of anilines is 2. The minimum atomic E-state index is -4.96. The second-order valence-electron chi connectivity index (χ2n) is 11.1. The van der Waals surface area contributed by atoms with E-state index in [1.54, 1.807) is 12.1 Å². The molecule has 0 heterocycles. The normalized spacial score (nSPS) is 15.3. The summed E-state index contributed by atoms with van der Waals surface area (Å²) in [6.07, 6.45) is -1.63. The van der Waals surface area contributed by atoms with Gasteiger partial charge in [0.1, 0.15) is 10.5 Å². The van der Waals surface area contributed by atoms with Crippen LogP contribution in [0.1, 0.15) is 34.5 Å². The van der Waals surface area contributed by atoms with E-state index in [2.05, 4.69) is 10.6 Å². The van der Waals surface area contributed by atoms with Crippen molar-refractivity contribution in [2.75, 3.05) is 10.6 Å². The van der Waals surface area contributed by atoms with E-state index in [9.17, 15) is 60.3 Å². The summed E-state index contributed by atoms with van der Waals surface area (Å²) in [5.74, 6) is 0. The van der Waals surface area contributed by atoms with Crippen LogP contribution < -0.4 is 10.6 Å². The zero-order valence-electron chi connectivity index (χ0n) is 26.0. The minimum Gasteiger partial charge on any atom is -0.367 e. The highest BCUT2D eigenvalue weighted by Crippen LogP contribution is 2.32. The third kappa shape index (κ3) is 10.6. The van der Waals surface area contributed by atoms with Gasteiger partial charge in [-0.1, -0.05) is 60.7 Å². The average molecular weight is 805 g/mol. The van der Waals surface area contributed by atoms with Crippen molar-refractivity contribution < 1.29 is 60.3 Å². The molecule has 276 valence electrons. The van der Waals surface area contributed by atoms with E-state index >= 15 is 0 Å². The lowest BCUT2D eigenvalue weighted by atomic mass is 10.1. The van der Waals surface area contributed by atoms with E-state index in [-0.39, 0.29) is 32.3 Å². The highest BCUT2D eigenvalue weighted by Gasteiger charge is 2.35. The van der Waals surface area contributed by atoms with Crippen LogP contribution in [0, 0.1) is 0 Å². The summed E-state index contributed by atoms with van der Waals surface area (Å²) >= 11 is 0. The molecule has 16 nitrogen and oxygen atoms in total. The smallest absolute Gasteiger partial charge is 0.286 e. The zero-order valence-corrected chi connectivity index (χ0v) is 30.1. The van der Waals surface area contributed by atoms with Crippen molar-refractivity contribution >= 4 is 61.7 Å². The molecule has 4 aromatic rings. The Bertz CT molecular complexity index is 2210. The number of hydrogen-bond acceptors (Lipinski definition) is 12. The molecule has 4 rings (SSSR count). The molecule has 0 bridgehead atoms. The molecule has 0 spiro atoms. The number of nitrogens with one attached hydrogen (secondary N) is 2. The van der Waals surface area contributed by atoms with Gasteiger partial charge in [-0.2, -0.15) is 33.7 Å². The Morgan fingerprint density at radius 2 is 0.706 bits per heavy atom. The third-order valence-corrected chi connectivity index (χ3v) is 13.8. The van der Waals surface area contributed by atoms with Crippen LogP contribution in [0.4, 0.5) is 11.4 Å². The predicted octanol–water partition coefficient (Wildman–Crippen LogP) is 3.81. The summed E-state index contributed by atoms with van der Waals surface area (Å²) in [7, 11) is -23.9. The molecular weight excluding hydrogens is 773 g/mol. The van der Waals surface area contributed by atoms with Crippen molar-refractivity contribution in [2.24, 2.45) is 0 Å². The van der Waals surface area contributed by atoms with Crippen molar-refractivity contribution in [1.29, 1.82) is 0 Å². The van der Waals surface area contributed by atoms with Gasteiger partial charge in [-0.15, -0.1) is 0 Å². The first-order chi connectivity index (χ1) is 23.6. The van der Waals surface area contributed by atoms with Crippen LogP contribution in [0.3, 0.4) is 0 Å². The van der Waals surface area contributed by atoms with E-state index in [0.29, 0.717) is 0 Å². The number of sulfone groups is 1. The van der Waals surface area contributed by atoms with Gasteiger partial charge in [0.05, 0.1) is 9.79 Å². The van der Waals surface area contributed by atoms with E-state index in [1.165, 1.54) is 48.5 Å². The molecule has 4 atom stereocenters. The lowest BCUT2D eigenvalue weighted by molar-refractivity contribution is 0.448. The molecule has 0 aliphatic carbocycles. The molecule has 0 fully saturated rings. The third-order valence-electron chi connectivity index (χ3n) is 7.62. The van der Waals surface area contributed by atoms with E-state index < -0.39 is 84.4 Å². The van der Waals surface area contributed by atoms with Crippen LogP contribution in [-0.2, 0) is 50.3 Å². The largest absolute Gasteiger partial charge is 0.367 e. The Balaban J connectivity index is 1.53. The second-order valence-corrected chi connectivity index (χ2v) is 19.5. The van der Waals surface area contributed by atoms with Crippen molar-refractivity contribution in [3.63, 3.8) is 0 Å². The van der Waals surface area contributed by atoms with Crippen molar-refractivity contribution in [1.82, 2.24) is 0 Å². The summed E-state index contributed by atoms with van der Waals surface area (Å²) in [4.78, 5) is -0.570. The number of rotatable bonds is 16. The quantitative estimate of drug-likeness (QED) is 0.0879. The van der Waals surface area contributed by atoms with Crippen LogP contribution in [0.5, 0.6) is 0 Å². The number of hydrogen-bond donors (Lipinski definition) is 6. The molecule has 0 unspecified atom stereocenters. The van der Waals surface area contributed by atoms with Gasteiger partial charge in [0.25, 0.3) is 40.5 Å². The first-order valence-electron chi connectivity index (χ1n) is 14.5. The van der Waals surface area contributed by atoms with Gasteiger partial charge in [-0.05, 0) is 59.7 Å². The van der Waals surface area contributed by atoms with Crippen LogP contribution >= 0.6 is 0 Å². The van der Waals surface area contributed by atoms with Crippen molar-refractivity contribution in [3.8, 4) is 0 Å². The summed E-state index contributed by atoms with van der Waals surface area (Å²) in [5.41, 5.74) is 0.0450. The average Bonchev–Trinajstić information content (AvgIpc) is 3.04. The molecule has 0 saturated heterocycles. The van der Waals surface area contributed by atoms with Gasteiger partial charge < -0.3 is 10.6 Å². The molecule has 21 heteroatoms. The lowest BCUT2D eigenvalue weighted by Crippen LogP contribution is -2.33. The lowest BCUT2D eigenvalue weighted by Gasteiger charge is -2.22. The molecule has 0 aromatic heterocycles. The Kier molecular flexibility index (Phi) is 12.0. The Hall–Kier alpha value is -3.93. The van der Waals surface area contributed by atoms with Gasteiger partial charge in [-0.25, -0.2) is 8.42 Å². The molecule has 0 aliphatic rings. The molecule has 51 heavy (non-hydrogen) atoms. The summed E-state index contributed by atoms with van der Waals surface area (Å²) in [6.45, 7) is 0. The Morgan fingerprint density at radius 1 is 0.412 bits per heavy atom. The van der Waals surface area contributed by atoms with Crippen LogP contribution in [0.2, 0.25) is 0 Å². The van der Waals surface area contributed by atoms with Gasteiger partial charge in [0, 0.05) is 24.2 Å². The fourth-order valence-corrected chi connectivity index (χ4v) is 9.88. The Labute approximate surface area is 295 Å². The first-order valence-corrected chi connectivity index (χ1v) is 22.0. The van der Waals surface area contributed by atoms with E-state index in [4.69, 9.17) is 0 Å². The fraction of sp³-hybridized carbons (Fsp3) is 0.200. The van der Waals surface area contributed by atoms with Gasteiger partial charge in [-0.3, -0.25) is 18.2 Å². The van der Waals surface area contributed by atoms with Gasteiger partial charge in [0.2, 0.25) is 9.84 Å². The van der Waals surface area contributed by atoms with Crippen molar-refractivity contribution in [3.05, 3.63) is 120 Å².